The Balaban J connectivity index is 1.34. The lowest BCUT2D eigenvalue weighted by Gasteiger charge is -2.34. The molecule has 31 heavy (non-hydrogen) atoms. The van der Waals surface area contributed by atoms with Crippen molar-refractivity contribution in [1.29, 1.82) is 0 Å². The maximum absolute atomic E-state index is 6.15. The Bertz CT molecular complexity index is 1010. The summed E-state index contributed by atoms with van der Waals surface area (Å²) < 4.78 is 17.5. The molecule has 6 heteroatoms. The third-order valence-corrected chi connectivity index (χ3v) is 6.02. The number of H-pyrrole nitrogens is 1. The lowest BCUT2D eigenvalue weighted by Crippen LogP contribution is -2.41. The zero-order valence-electron chi connectivity index (χ0n) is 18.2. The minimum Gasteiger partial charge on any atom is -0.497 e. The summed E-state index contributed by atoms with van der Waals surface area (Å²) in [6, 6.07) is 16.5. The Morgan fingerprint density at radius 3 is 2.74 bits per heavy atom. The normalized spacial score (nSPS) is 16.2. The average Bonchev–Trinajstić information content (AvgIpc) is 3.27. The number of aromatic nitrogens is 1. The summed E-state index contributed by atoms with van der Waals surface area (Å²) in [5.41, 5.74) is 2.44. The van der Waals surface area contributed by atoms with E-state index in [0.717, 1.165) is 54.9 Å². The van der Waals surface area contributed by atoms with Gasteiger partial charge in [0, 0.05) is 30.6 Å². The van der Waals surface area contributed by atoms with Crippen molar-refractivity contribution in [2.24, 2.45) is 0 Å². The molecular formula is C25H30N2O3S. The zero-order valence-corrected chi connectivity index (χ0v) is 19.0. The molecule has 1 aliphatic heterocycles. The Morgan fingerprint density at radius 1 is 1.16 bits per heavy atom. The van der Waals surface area contributed by atoms with E-state index in [-0.39, 0.29) is 6.10 Å². The molecule has 0 aliphatic carbocycles. The molecule has 0 amide bonds. The van der Waals surface area contributed by atoms with Gasteiger partial charge in [0.05, 0.1) is 7.11 Å². The van der Waals surface area contributed by atoms with E-state index in [1.165, 1.54) is 5.56 Å². The van der Waals surface area contributed by atoms with E-state index in [4.69, 9.17) is 26.4 Å². The van der Waals surface area contributed by atoms with Gasteiger partial charge in [-0.3, -0.25) is 4.90 Å². The highest BCUT2D eigenvalue weighted by molar-refractivity contribution is 7.80. The average molecular weight is 439 g/mol. The molecule has 0 radical (unpaired) electrons. The van der Waals surface area contributed by atoms with Gasteiger partial charge in [0.1, 0.15) is 24.2 Å². The van der Waals surface area contributed by atoms with Gasteiger partial charge >= 0.3 is 0 Å². The summed E-state index contributed by atoms with van der Waals surface area (Å²) >= 11 is 5.23. The van der Waals surface area contributed by atoms with Crippen molar-refractivity contribution in [2.75, 3.05) is 33.4 Å². The molecule has 0 spiro atoms. The number of ether oxygens (including phenoxy) is 3. The van der Waals surface area contributed by atoms with Crippen LogP contribution >= 0.6 is 12.2 Å². The van der Waals surface area contributed by atoms with Crippen molar-refractivity contribution in [3.8, 4) is 11.5 Å². The van der Waals surface area contributed by atoms with Crippen LogP contribution in [0.2, 0.25) is 0 Å². The summed E-state index contributed by atoms with van der Waals surface area (Å²) in [5.74, 6) is 2.37. The van der Waals surface area contributed by atoms with Gasteiger partial charge in [0.15, 0.2) is 5.05 Å². The van der Waals surface area contributed by atoms with E-state index in [1.54, 1.807) is 7.11 Å². The van der Waals surface area contributed by atoms with Crippen molar-refractivity contribution in [3.63, 3.8) is 0 Å². The second-order valence-electron chi connectivity index (χ2n) is 8.09. The number of rotatable bonds is 8. The third-order valence-electron chi connectivity index (χ3n) is 5.93. The van der Waals surface area contributed by atoms with Crippen LogP contribution < -0.4 is 9.47 Å². The molecular weight excluding hydrogens is 408 g/mol. The fraction of sp³-hybridized carbons (Fsp3) is 0.400. The fourth-order valence-electron chi connectivity index (χ4n) is 4.36. The largest absolute Gasteiger partial charge is 0.497 e. The topological polar surface area (TPSA) is 46.7 Å². The molecule has 1 atom stereocenters. The predicted octanol–water partition coefficient (Wildman–Crippen LogP) is 5.17. The summed E-state index contributed by atoms with van der Waals surface area (Å²) in [5, 5.41) is 1.64. The van der Waals surface area contributed by atoms with E-state index in [9.17, 15) is 0 Å². The van der Waals surface area contributed by atoms with E-state index < -0.39 is 0 Å². The van der Waals surface area contributed by atoms with Gasteiger partial charge in [0.25, 0.3) is 0 Å². The molecule has 1 saturated heterocycles. The molecule has 2 heterocycles. The number of fused-ring (bicyclic) bond motifs is 1. The first-order valence-electron chi connectivity index (χ1n) is 10.8. The van der Waals surface area contributed by atoms with Crippen LogP contribution in [0.4, 0.5) is 0 Å². The fourth-order valence-corrected chi connectivity index (χ4v) is 4.49. The van der Waals surface area contributed by atoms with Crippen LogP contribution in [-0.2, 0) is 4.74 Å². The number of aromatic amines is 1. The minimum absolute atomic E-state index is 0.0972. The van der Waals surface area contributed by atoms with E-state index in [2.05, 4.69) is 28.1 Å². The van der Waals surface area contributed by atoms with Crippen molar-refractivity contribution in [3.05, 3.63) is 60.3 Å². The second-order valence-corrected chi connectivity index (χ2v) is 8.66. The molecule has 0 bridgehead atoms. The molecule has 1 aromatic heterocycles. The first-order valence-corrected chi connectivity index (χ1v) is 11.3. The molecule has 5 nitrogen and oxygen atoms in total. The molecule has 1 aliphatic rings. The van der Waals surface area contributed by atoms with Crippen LogP contribution in [0.5, 0.6) is 11.5 Å². The van der Waals surface area contributed by atoms with Crippen molar-refractivity contribution in [1.82, 2.24) is 9.88 Å². The number of hydrogen-bond acceptors (Lipinski definition) is 5. The first-order chi connectivity index (χ1) is 15.1. The Morgan fingerprint density at radius 2 is 1.97 bits per heavy atom. The lowest BCUT2D eigenvalue weighted by atomic mass is 9.89. The quantitative estimate of drug-likeness (QED) is 0.492. The molecule has 4 rings (SSSR count). The predicted molar refractivity (Wildman–Crippen MR) is 128 cm³/mol. The molecule has 1 N–H and O–H groups in total. The van der Waals surface area contributed by atoms with Crippen molar-refractivity contribution < 1.29 is 14.2 Å². The highest BCUT2D eigenvalue weighted by Crippen LogP contribution is 2.30. The summed E-state index contributed by atoms with van der Waals surface area (Å²) in [6.07, 6.45) is 4.08. The summed E-state index contributed by atoms with van der Waals surface area (Å²) in [4.78, 5) is 5.68. The molecule has 2 aromatic carbocycles. The Hall–Kier alpha value is -2.57. The van der Waals surface area contributed by atoms with Crippen LogP contribution in [0.15, 0.2) is 54.7 Å². The maximum Gasteiger partial charge on any atom is 0.157 e. The number of benzene rings is 2. The van der Waals surface area contributed by atoms with Crippen molar-refractivity contribution >= 4 is 28.2 Å². The molecule has 1 fully saturated rings. The van der Waals surface area contributed by atoms with Crippen LogP contribution in [-0.4, -0.2) is 54.4 Å². The zero-order chi connectivity index (χ0) is 21.6. The first kappa shape index (κ1) is 21.7. The summed E-state index contributed by atoms with van der Waals surface area (Å²) in [7, 11) is 1.72. The minimum atomic E-state index is -0.0972. The van der Waals surface area contributed by atoms with Gasteiger partial charge in [-0.05, 0) is 80.0 Å². The highest BCUT2D eigenvalue weighted by Gasteiger charge is 2.24. The van der Waals surface area contributed by atoms with Gasteiger partial charge in [-0.15, -0.1) is 0 Å². The molecule has 3 aromatic rings. The monoisotopic (exact) mass is 438 g/mol. The van der Waals surface area contributed by atoms with E-state index in [1.807, 2.05) is 43.5 Å². The number of piperidine rings is 1. The van der Waals surface area contributed by atoms with Crippen molar-refractivity contribution in [2.45, 2.75) is 31.8 Å². The smallest absolute Gasteiger partial charge is 0.157 e. The Kier molecular flexibility index (Phi) is 7.10. The van der Waals surface area contributed by atoms with Crippen LogP contribution in [0.3, 0.4) is 0 Å². The van der Waals surface area contributed by atoms with Gasteiger partial charge in [-0.2, -0.15) is 0 Å². The number of likely N-dealkylation sites (tertiary alicyclic amines) is 1. The van der Waals surface area contributed by atoms with E-state index >= 15 is 0 Å². The highest BCUT2D eigenvalue weighted by atomic mass is 32.1. The SMILES string of the molecule is COc1cccc(C2CCN(C[C@@H](COc3cccc4[nH]ccc34)OC(C)=S)CC2)c1. The number of hydrogen-bond donors (Lipinski definition) is 1. The molecule has 164 valence electrons. The van der Waals surface area contributed by atoms with Crippen LogP contribution in [0.1, 0.15) is 31.2 Å². The number of nitrogens with one attached hydrogen (secondary N) is 1. The second kappa shape index (κ2) is 10.2. The lowest BCUT2D eigenvalue weighted by molar-refractivity contribution is 0.0706. The number of methoxy groups -OCH3 is 1. The third kappa shape index (κ3) is 5.57. The molecule has 0 unspecified atom stereocenters. The van der Waals surface area contributed by atoms with Gasteiger partial charge in [0.2, 0.25) is 0 Å². The number of thiocarbonyl (C=S) groups is 1. The van der Waals surface area contributed by atoms with Gasteiger partial charge in [-0.1, -0.05) is 18.2 Å². The van der Waals surface area contributed by atoms with E-state index in [0.29, 0.717) is 17.6 Å². The van der Waals surface area contributed by atoms with Crippen LogP contribution in [0.25, 0.3) is 10.9 Å². The summed E-state index contributed by atoms with van der Waals surface area (Å²) in [6.45, 7) is 5.16. The Labute approximate surface area is 189 Å². The maximum atomic E-state index is 6.15. The standard InChI is InChI=1S/C25H30N2O3S/c1-18(31)30-22(17-29-25-8-4-7-24-23(25)9-12-26-24)16-27-13-10-19(11-14-27)20-5-3-6-21(15-20)28-2/h3-9,12,15,19,22,26H,10-11,13-14,16-17H2,1-2H3/t22-/m0/s1. The van der Waals surface area contributed by atoms with Gasteiger partial charge in [-0.25, -0.2) is 0 Å². The van der Waals surface area contributed by atoms with Gasteiger partial charge < -0.3 is 19.2 Å². The number of nitrogens with zero attached hydrogens (tertiary/aromatic N) is 1. The molecule has 0 saturated carbocycles. The van der Waals surface area contributed by atoms with Crippen LogP contribution in [0, 0.1) is 0 Å².